The molecule has 0 saturated carbocycles. The summed E-state index contributed by atoms with van der Waals surface area (Å²) in [6.45, 7) is 3.24. The van der Waals surface area contributed by atoms with Gasteiger partial charge in [0.25, 0.3) is 5.91 Å². The van der Waals surface area contributed by atoms with Crippen molar-refractivity contribution < 1.29 is 28.6 Å². The zero-order chi connectivity index (χ0) is 24.7. The maximum atomic E-state index is 12.5. The van der Waals surface area contributed by atoms with E-state index in [2.05, 4.69) is 37.1 Å². The van der Waals surface area contributed by atoms with Crippen LogP contribution in [-0.2, 0) is 14.3 Å². The monoisotopic (exact) mass is 550 g/mol. The first-order chi connectivity index (χ1) is 16.3. The number of amides is 3. The highest BCUT2D eigenvalue weighted by molar-refractivity contribution is 9.11. The molecular formula is C22H23BrN4O6S. The lowest BCUT2D eigenvalue weighted by Gasteiger charge is -2.28. The molecule has 180 valence electrons. The molecule has 0 bridgehead atoms. The molecule has 0 unspecified atom stereocenters. The number of esters is 1. The number of thiophene rings is 1. The van der Waals surface area contributed by atoms with Crippen LogP contribution in [0.1, 0.15) is 30.3 Å². The highest BCUT2D eigenvalue weighted by Gasteiger charge is 2.32. The molecule has 0 aliphatic carbocycles. The molecule has 12 heteroatoms. The highest BCUT2D eigenvalue weighted by Crippen LogP contribution is 2.34. The van der Waals surface area contributed by atoms with Crippen LogP contribution in [0.4, 0.5) is 4.79 Å². The van der Waals surface area contributed by atoms with Crippen molar-refractivity contribution in [2.24, 2.45) is 5.10 Å². The van der Waals surface area contributed by atoms with Crippen LogP contribution in [0.3, 0.4) is 0 Å². The average molecular weight is 551 g/mol. The molecule has 1 aromatic heterocycles. The molecule has 1 aromatic carbocycles. The fourth-order valence-corrected chi connectivity index (χ4v) is 4.44. The van der Waals surface area contributed by atoms with Crippen molar-refractivity contribution >= 4 is 51.4 Å². The molecule has 1 aliphatic heterocycles. The Morgan fingerprint density at radius 3 is 2.74 bits per heavy atom. The number of benzene rings is 1. The van der Waals surface area contributed by atoms with Gasteiger partial charge in [0.1, 0.15) is 0 Å². The van der Waals surface area contributed by atoms with E-state index in [0.717, 1.165) is 8.66 Å². The van der Waals surface area contributed by atoms with E-state index in [4.69, 9.17) is 14.2 Å². The summed E-state index contributed by atoms with van der Waals surface area (Å²) in [6.07, 6.45) is 1.53. The fraction of sp³-hybridized carbons (Fsp3) is 0.273. The Morgan fingerprint density at radius 1 is 1.26 bits per heavy atom. The van der Waals surface area contributed by atoms with E-state index in [-0.39, 0.29) is 18.8 Å². The molecule has 3 N–H and O–H groups in total. The SMILES string of the molecule is CCOC(=O)C1=C(C)NC(=O)N[C@H]1c1ccc(OCC(=O)N/N=C\c2ccc(Br)s2)c(OC)c1. The van der Waals surface area contributed by atoms with Gasteiger partial charge in [0.15, 0.2) is 18.1 Å². The molecule has 0 radical (unpaired) electrons. The lowest BCUT2D eigenvalue weighted by molar-refractivity contribution is -0.139. The van der Waals surface area contributed by atoms with E-state index in [1.54, 1.807) is 32.0 Å². The fourth-order valence-electron chi connectivity index (χ4n) is 3.15. The number of allylic oxidation sites excluding steroid dienone is 1. The Balaban J connectivity index is 1.70. The van der Waals surface area contributed by atoms with E-state index in [1.165, 1.54) is 24.7 Å². The van der Waals surface area contributed by atoms with Crippen molar-refractivity contribution in [2.45, 2.75) is 19.9 Å². The number of hydrazone groups is 1. The Kier molecular flexibility index (Phi) is 8.66. The van der Waals surface area contributed by atoms with Crippen molar-refractivity contribution in [1.29, 1.82) is 0 Å². The van der Waals surface area contributed by atoms with Crippen molar-refractivity contribution in [3.63, 3.8) is 0 Å². The van der Waals surface area contributed by atoms with E-state index in [9.17, 15) is 14.4 Å². The van der Waals surface area contributed by atoms with Gasteiger partial charge in [-0.15, -0.1) is 11.3 Å². The lowest BCUT2D eigenvalue weighted by atomic mass is 9.95. The van der Waals surface area contributed by atoms with Crippen LogP contribution in [0.15, 0.2) is 50.5 Å². The lowest BCUT2D eigenvalue weighted by Crippen LogP contribution is -2.45. The van der Waals surface area contributed by atoms with Gasteiger partial charge in [-0.1, -0.05) is 6.07 Å². The van der Waals surface area contributed by atoms with E-state index in [0.29, 0.717) is 22.8 Å². The predicted octanol–water partition coefficient (Wildman–Crippen LogP) is 3.24. The number of carbonyl (C=O) groups is 3. The minimum atomic E-state index is -0.745. The summed E-state index contributed by atoms with van der Waals surface area (Å²) < 4.78 is 17.1. The molecule has 1 atom stereocenters. The zero-order valence-corrected chi connectivity index (χ0v) is 21.0. The first-order valence-corrected chi connectivity index (χ1v) is 11.8. The first-order valence-electron chi connectivity index (χ1n) is 10.2. The third-order valence-electron chi connectivity index (χ3n) is 4.62. The molecule has 0 saturated heterocycles. The third-order valence-corrected chi connectivity index (χ3v) is 6.18. The van der Waals surface area contributed by atoms with Crippen molar-refractivity contribution in [1.82, 2.24) is 16.1 Å². The second-order valence-corrected chi connectivity index (χ2v) is 9.42. The number of methoxy groups -OCH3 is 1. The molecule has 10 nitrogen and oxygen atoms in total. The van der Waals surface area contributed by atoms with Gasteiger partial charge in [0, 0.05) is 10.6 Å². The van der Waals surface area contributed by atoms with Crippen LogP contribution in [0.25, 0.3) is 0 Å². The molecule has 3 rings (SSSR count). The number of carbonyl (C=O) groups excluding carboxylic acids is 3. The highest BCUT2D eigenvalue weighted by atomic mass is 79.9. The van der Waals surface area contributed by atoms with E-state index in [1.807, 2.05) is 12.1 Å². The second-order valence-electron chi connectivity index (χ2n) is 6.92. The predicted molar refractivity (Wildman–Crippen MR) is 130 cm³/mol. The maximum absolute atomic E-state index is 12.5. The van der Waals surface area contributed by atoms with Crippen molar-refractivity contribution in [2.75, 3.05) is 20.3 Å². The summed E-state index contributed by atoms with van der Waals surface area (Å²) in [7, 11) is 1.45. The Bertz CT molecular complexity index is 1150. The Morgan fingerprint density at radius 2 is 2.06 bits per heavy atom. The summed E-state index contributed by atoms with van der Waals surface area (Å²) in [4.78, 5) is 37.5. The number of urea groups is 1. The van der Waals surface area contributed by atoms with Gasteiger partial charge in [-0.2, -0.15) is 5.10 Å². The molecule has 34 heavy (non-hydrogen) atoms. The Hall–Kier alpha value is -3.38. The largest absolute Gasteiger partial charge is 0.493 e. The van der Waals surface area contributed by atoms with Crippen LogP contribution in [-0.4, -0.2) is 44.4 Å². The molecule has 0 fully saturated rings. The summed E-state index contributed by atoms with van der Waals surface area (Å²) >= 11 is 4.84. The normalized spacial score (nSPS) is 15.5. The summed E-state index contributed by atoms with van der Waals surface area (Å²) in [6, 6.07) is 7.46. The van der Waals surface area contributed by atoms with Gasteiger partial charge in [-0.05, 0) is 59.6 Å². The van der Waals surface area contributed by atoms with Gasteiger partial charge in [0.05, 0.1) is 35.3 Å². The maximum Gasteiger partial charge on any atom is 0.338 e. The average Bonchev–Trinajstić information content (AvgIpc) is 3.22. The summed E-state index contributed by atoms with van der Waals surface area (Å²) in [5.41, 5.74) is 3.66. The number of hydrogen-bond donors (Lipinski definition) is 3. The third kappa shape index (κ3) is 6.35. The molecule has 2 aromatic rings. The zero-order valence-electron chi connectivity index (χ0n) is 18.6. The van der Waals surface area contributed by atoms with Gasteiger partial charge in [-0.25, -0.2) is 15.0 Å². The minimum absolute atomic E-state index is 0.198. The van der Waals surface area contributed by atoms with Crippen molar-refractivity contribution in [3.05, 3.63) is 55.8 Å². The smallest absolute Gasteiger partial charge is 0.338 e. The van der Waals surface area contributed by atoms with Crippen molar-refractivity contribution in [3.8, 4) is 11.5 Å². The number of rotatable bonds is 9. The topological polar surface area (TPSA) is 127 Å². The Labute approximate surface area is 208 Å². The molecule has 2 heterocycles. The van der Waals surface area contributed by atoms with Gasteiger partial charge >= 0.3 is 12.0 Å². The van der Waals surface area contributed by atoms with Gasteiger partial charge in [0.2, 0.25) is 0 Å². The number of nitrogens with one attached hydrogen (secondary N) is 3. The molecule has 3 amide bonds. The molecular weight excluding hydrogens is 528 g/mol. The molecule has 0 spiro atoms. The summed E-state index contributed by atoms with van der Waals surface area (Å²) in [5, 5.41) is 9.21. The van der Waals surface area contributed by atoms with E-state index < -0.39 is 23.9 Å². The second kappa shape index (κ2) is 11.7. The van der Waals surface area contributed by atoms with Crippen LogP contribution in [0.5, 0.6) is 11.5 Å². The van der Waals surface area contributed by atoms with Crippen LogP contribution in [0.2, 0.25) is 0 Å². The van der Waals surface area contributed by atoms with Gasteiger partial charge in [-0.3, -0.25) is 4.79 Å². The quantitative estimate of drug-likeness (QED) is 0.250. The number of nitrogens with zero attached hydrogens (tertiary/aromatic N) is 1. The van der Waals surface area contributed by atoms with Gasteiger partial charge < -0.3 is 24.8 Å². The standard InChI is InChI=1S/C22H23BrN4O6S/c1-4-32-21(29)19-12(2)25-22(30)26-20(19)13-5-7-15(16(9-13)31-3)33-11-18(28)27-24-10-14-6-8-17(23)34-14/h5-10,20H,4,11H2,1-3H3,(H,27,28)(H2,25,26,30)/b24-10-/t20-/m0/s1. The van der Waals surface area contributed by atoms with Crippen LogP contribution >= 0.6 is 27.3 Å². The minimum Gasteiger partial charge on any atom is -0.493 e. The first kappa shape index (κ1) is 25.2. The van der Waals surface area contributed by atoms with Crippen LogP contribution in [0, 0.1) is 0 Å². The molecule has 1 aliphatic rings. The van der Waals surface area contributed by atoms with E-state index >= 15 is 0 Å². The number of hydrogen-bond acceptors (Lipinski definition) is 8. The number of ether oxygens (including phenoxy) is 3. The summed E-state index contributed by atoms with van der Waals surface area (Å²) in [5.74, 6) is -0.354. The van der Waals surface area contributed by atoms with Crippen LogP contribution < -0.4 is 25.5 Å². The number of halogens is 1.